The van der Waals surface area contributed by atoms with Crippen LogP contribution in [0.4, 0.5) is 0 Å². The molecule has 2 amide bonds. The monoisotopic (exact) mass is 698 g/mol. The molecule has 0 saturated heterocycles. The van der Waals surface area contributed by atoms with Crippen LogP contribution < -0.4 is 21.1 Å². The van der Waals surface area contributed by atoms with Gasteiger partial charge in [-0.05, 0) is 42.2 Å². The molecule has 266 valence electrons. The highest BCUT2D eigenvalue weighted by atomic mass is 32.2. The number of carboxylic acids is 2. The first kappa shape index (κ1) is 38.9. The SMILES string of the molecule is CCCCCC(CC(=O)CCc1ccc(O)c(OC)c1)SCC(NC(=O)C(N)CC(=O)O)C(=O)NC(Cc1c[nH]c2ccccc12)C(=O)O. The van der Waals surface area contributed by atoms with Crippen molar-refractivity contribution in [2.45, 2.75) is 88.1 Å². The zero-order valence-electron chi connectivity index (χ0n) is 27.8. The lowest BCUT2D eigenvalue weighted by Gasteiger charge is -2.24. The van der Waals surface area contributed by atoms with Crippen molar-refractivity contribution in [3.63, 3.8) is 0 Å². The van der Waals surface area contributed by atoms with E-state index in [1.807, 2.05) is 24.3 Å². The standard InChI is InChI=1S/C35H46N4O9S/c1-3-4-5-8-24(17-23(40)13-11-21-12-14-30(41)31(15-21)48-2)49-20-29(39-33(44)26(36)18-32(42)43)34(45)38-28(35(46)47)16-22-19-37-27-10-7-6-9-25(22)27/h6-7,9-10,12,14-15,19,24,26,28-29,37,41H,3-5,8,11,13,16-18,20,36H2,1-2H3,(H,38,45)(H,39,44)(H,42,43)(H,46,47). The number of phenols is 1. The Balaban J connectivity index is 1.73. The predicted molar refractivity (Wildman–Crippen MR) is 187 cm³/mol. The lowest BCUT2D eigenvalue weighted by atomic mass is 10.0. The fourth-order valence-electron chi connectivity index (χ4n) is 5.35. The second-order valence-corrected chi connectivity index (χ2v) is 13.3. The maximum Gasteiger partial charge on any atom is 0.326 e. The molecule has 0 aliphatic rings. The molecule has 0 aliphatic carbocycles. The number of carbonyl (C=O) groups is 5. The number of thioether (sulfide) groups is 1. The molecule has 1 heterocycles. The van der Waals surface area contributed by atoms with E-state index >= 15 is 0 Å². The number of aryl methyl sites for hydroxylation is 1. The number of aromatic nitrogens is 1. The van der Waals surface area contributed by atoms with Gasteiger partial charge in [0, 0.05) is 47.4 Å². The Morgan fingerprint density at radius 2 is 1.71 bits per heavy atom. The highest BCUT2D eigenvalue weighted by molar-refractivity contribution is 8.00. The van der Waals surface area contributed by atoms with Gasteiger partial charge >= 0.3 is 11.9 Å². The van der Waals surface area contributed by atoms with Crippen LogP contribution in [0.25, 0.3) is 10.9 Å². The number of H-pyrrole nitrogens is 1. The quantitative estimate of drug-likeness (QED) is 0.0752. The number of carboxylic acid groups (broad SMARTS) is 2. The largest absolute Gasteiger partial charge is 0.504 e. The van der Waals surface area contributed by atoms with E-state index in [4.69, 9.17) is 15.6 Å². The van der Waals surface area contributed by atoms with Crippen LogP contribution in [0.2, 0.25) is 0 Å². The molecule has 13 nitrogen and oxygen atoms in total. The summed E-state index contributed by atoms with van der Waals surface area (Å²) in [5.41, 5.74) is 8.10. The van der Waals surface area contributed by atoms with Gasteiger partial charge in [0.1, 0.15) is 17.9 Å². The molecule has 4 atom stereocenters. The number of para-hydroxylation sites is 1. The number of ketones is 1. The van der Waals surface area contributed by atoms with Crippen molar-refractivity contribution in [1.29, 1.82) is 0 Å². The molecule has 0 spiro atoms. The van der Waals surface area contributed by atoms with Crippen molar-refractivity contribution < 1.29 is 44.0 Å². The Morgan fingerprint density at radius 1 is 0.980 bits per heavy atom. The molecule has 3 rings (SSSR count). The lowest BCUT2D eigenvalue weighted by molar-refractivity contribution is -0.142. The van der Waals surface area contributed by atoms with Crippen LogP contribution in [-0.2, 0) is 36.8 Å². The molecular weight excluding hydrogens is 652 g/mol. The van der Waals surface area contributed by atoms with Gasteiger partial charge in [0.15, 0.2) is 11.5 Å². The van der Waals surface area contributed by atoms with Crippen LogP contribution in [-0.4, -0.2) is 86.1 Å². The van der Waals surface area contributed by atoms with E-state index in [-0.39, 0.29) is 41.8 Å². The Hall–Kier alpha value is -4.56. The number of aliphatic carboxylic acids is 2. The van der Waals surface area contributed by atoms with Crippen LogP contribution in [0, 0.1) is 0 Å². The Kier molecular flexibility index (Phi) is 15.4. The Labute approximate surface area is 289 Å². The first-order chi connectivity index (χ1) is 23.4. The van der Waals surface area contributed by atoms with Gasteiger partial charge in [-0.15, -0.1) is 0 Å². The van der Waals surface area contributed by atoms with Gasteiger partial charge in [-0.2, -0.15) is 11.8 Å². The number of nitrogens with one attached hydrogen (secondary N) is 3. The maximum atomic E-state index is 13.6. The van der Waals surface area contributed by atoms with Gasteiger partial charge in [0.2, 0.25) is 11.8 Å². The second-order valence-electron chi connectivity index (χ2n) is 11.9. The molecule has 0 saturated carbocycles. The number of unbranched alkanes of at least 4 members (excludes halogenated alkanes) is 2. The number of amides is 2. The van der Waals surface area contributed by atoms with Crippen LogP contribution >= 0.6 is 11.8 Å². The summed E-state index contributed by atoms with van der Waals surface area (Å²) in [6.07, 6.45) is 5.32. The third-order valence-electron chi connectivity index (χ3n) is 8.10. The summed E-state index contributed by atoms with van der Waals surface area (Å²) in [7, 11) is 1.45. The molecule has 3 aromatic rings. The van der Waals surface area contributed by atoms with Crippen LogP contribution in [0.1, 0.15) is 63.0 Å². The minimum atomic E-state index is -1.43. The number of benzene rings is 2. The maximum absolute atomic E-state index is 13.6. The summed E-state index contributed by atoms with van der Waals surface area (Å²) in [4.78, 5) is 66.1. The summed E-state index contributed by atoms with van der Waals surface area (Å²) in [6, 6.07) is 8.26. The molecule has 0 bridgehead atoms. The molecule has 4 unspecified atom stereocenters. The Bertz CT molecular complexity index is 1590. The number of hydrogen-bond acceptors (Lipinski definition) is 9. The number of methoxy groups -OCH3 is 1. The molecule has 0 aliphatic heterocycles. The number of ether oxygens (including phenoxy) is 1. The molecule has 49 heavy (non-hydrogen) atoms. The number of carbonyl (C=O) groups excluding carboxylic acids is 3. The average Bonchev–Trinajstić information content (AvgIpc) is 3.47. The van der Waals surface area contributed by atoms with Gasteiger partial charge in [0.05, 0.1) is 19.6 Å². The molecule has 2 aromatic carbocycles. The topological polar surface area (TPSA) is 221 Å². The zero-order valence-corrected chi connectivity index (χ0v) is 28.6. The number of hydrogen-bond donors (Lipinski definition) is 7. The number of phenolic OH excluding ortho intramolecular Hbond substituents is 1. The number of aromatic amines is 1. The van der Waals surface area contributed by atoms with Crippen molar-refractivity contribution in [2.24, 2.45) is 5.73 Å². The van der Waals surface area contributed by atoms with E-state index in [1.54, 1.807) is 18.3 Å². The van der Waals surface area contributed by atoms with Gasteiger partial charge < -0.3 is 41.4 Å². The van der Waals surface area contributed by atoms with Gasteiger partial charge in [-0.1, -0.05) is 50.5 Å². The van der Waals surface area contributed by atoms with Crippen molar-refractivity contribution in [1.82, 2.24) is 15.6 Å². The van der Waals surface area contributed by atoms with E-state index < -0.39 is 48.3 Å². The molecule has 1 aromatic heterocycles. The summed E-state index contributed by atoms with van der Waals surface area (Å²) in [5.74, 6) is -3.87. The third kappa shape index (κ3) is 12.4. The van der Waals surface area contributed by atoms with E-state index in [0.29, 0.717) is 24.2 Å². The van der Waals surface area contributed by atoms with Gasteiger partial charge in [0.25, 0.3) is 0 Å². The highest BCUT2D eigenvalue weighted by Gasteiger charge is 2.30. The summed E-state index contributed by atoms with van der Waals surface area (Å²) >= 11 is 1.32. The minimum Gasteiger partial charge on any atom is -0.504 e. The van der Waals surface area contributed by atoms with Crippen molar-refractivity contribution in [3.8, 4) is 11.5 Å². The minimum absolute atomic E-state index is 0.000715. The molecular formula is C35H46N4O9S. The summed E-state index contributed by atoms with van der Waals surface area (Å²) in [6.45, 7) is 2.06. The first-order valence-electron chi connectivity index (χ1n) is 16.3. The zero-order chi connectivity index (χ0) is 35.9. The number of aromatic hydroxyl groups is 1. The normalized spacial score (nSPS) is 13.6. The van der Waals surface area contributed by atoms with E-state index in [1.165, 1.54) is 24.9 Å². The van der Waals surface area contributed by atoms with Crippen molar-refractivity contribution in [3.05, 3.63) is 59.8 Å². The molecule has 8 N–H and O–H groups in total. The second kappa shape index (κ2) is 19.4. The average molecular weight is 699 g/mol. The van der Waals surface area contributed by atoms with Crippen LogP contribution in [0.5, 0.6) is 11.5 Å². The van der Waals surface area contributed by atoms with Gasteiger partial charge in [-0.3, -0.25) is 19.2 Å². The lowest BCUT2D eigenvalue weighted by Crippen LogP contribution is -2.56. The fraction of sp³-hybridized carbons (Fsp3) is 0.457. The van der Waals surface area contributed by atoms with Crippen molar-refractivity contribution in [2.75, 3.05) is 12.9 Å². The molecule has 0 radical (unpaired) electrons. The van der Waals surface area contributed by atoms with Crippen LogP contribution in [0.15, 0.2) is 48.7 Å². The fourth-order valence-corrected chi connectivity index (χ4v) is 6.69. The highest BCUT2D eigenvalue weighted by Crippen LogP contribution is 2.28. The van der Waals surface area contributed by atoms with E-state index in [0.717, 1.165) is 35.7 Å². The number of fused-ring (bicyclic) bond motifs is 1. The summed E-state index contributed by atoms with van der Waals surface area (Å²) in [5, 5.41) is 34.6. The smallest absolute Gasteiger partial charge is 0.326 e. The third-order valence-corrected chi connectivity index (χ3v) is 9.50. The summed E-state index contributed by atoms with van der Waals surface area (Å²) < 4.78 is 5.15. The van der Waals surface area contributed by atoms with Crippen LogP contribution in [0.3, 0.4) is 0 Å². The first-order valence-corrected chi connectivity index (χ1v) is 17.3. The van der Waals surface area contributed by atoms with E-state index in [9.17, 15) is 34.2 Å². The Morgan fingerprint density at radius 3 is 2.41 bits per heavy atom. The number of Topliss-reactive ketones (excluding diaryl/α,β-unsaturated/α-hetero) is 1. The predicted octanol–water partition coefficient (Wildman–Crippen LogP) is 3.55. The van der Waals surface area contributed by atoms with Crippen molar-refractivity contribution >= 4 is 52.2 Å². The van der Waals surface area contributed by atoms with E-state index in [2.05, 4.69) is 22.5 Å². The van der Waals surface area contributed by atoms with Gasteiger partial charge in [-0.25, -0.2) is 4.79 Å². The molecule has 14 heteroatoms. The molecule has 0 fully saturated rings. The number of rotatable bonds is 22. The number of nitrogens with two attached hydrogens (primary N) is 1.